The molecule has 4 aromatic heterocycles. The minimum Gasteiger partial charge on any atom is -0.250 e. The van der Waals surface area contributed by atoms with E-state index in [-0.39, 0.29) is 16.2 Å². The van der Waals surface area contributed by atoms with Crippen molar-refractivity contribution in [2.24, 2.45) is 5.41 Å². The molecule has 0 saturated carbocycles. The maximum Gasteiger partial charge on any atom is 0.116 e. The van der Waals surface area contributed by atoms with Gasteiger partial charge in [0.15, 0.2) is 0 Å². The third kappa shape index (κ3) is 3.68. The highest BCUT2D eigenvalue weighted by atomic mass is 15.2. The summed E-state index contributed by atoms with van der Waals surface area (Å²) in [5.74, 6) is 0. The van der Waals surface area contributed by atoms with Crippen LogP contribution in [0.2, 0.25) is 0 Å². The summed E-state index contributed by atoms with van der Waals surface area (Å²) in [6, 6.07) is 10.8. The molecule has 0 N–H and O–H groups in total. The molecule has 0 aliphatic carbocycles. The molecule has 0 atom stereocenters. The van der Waals surface area contributed by atoms with E-state index >= 15 is 0 Å². The smallest absolute Gasteiger partial charge is 0.116 e. The highest BCUT2D eigenvalue weighted by Crippen LogP contribution is 2.32. The summed E-state index contributed by atoms with van der Waals surface area (Å²) in [7, 11) is 0. The van der Waals surface area contributed by atoms with Crippen molar-refractivity contribution in [3.8, 4) is 0 Å². The molecule has 158 valence electrons. The van der Waals surface area contributed by atoms with Crippen molar-refractivity contribution < 1.29 is 0 Å². The van der Waals surface area contributed by atoms with E-state index in [9.17, 15) is 0 Å². The molecule has 0 unspecified atom stereocenters. The van der Waals surface area contributed by atoms with Gasteiger partial charge in [-0.1, -0.05) is 62.3 Å². The van der Waals surface area contributed by atoms with Crippen LogP contribution in [0.3, 0.4) is 0 Å². The summed E-state index contributed by atoms with van der Waals surface area (Å²) >= 11 is 0. The Kier molecular flexibility index (Phi) is 4.50. The number of rotatable bonds is 1. The Morgan fingerprint density at radius 1 is 0.700 bits per heavy atom. The summed E-state index contributed by atoms with van der Waals surface area (Å²) in [6.07, 6.45) is 0.951. The molecule has 0 aromatic carbocycles. The molecule has 0 amide bonds. The van der Waals surface area contributed by atoms with Crippen LogP contribution < -0.4 is 0 Å². The van der Waals surface area contributed by atoms with E-state index in [4.69, 9.17) is 15.1 Å². The van der Waals surface area contributed by atoms with E-state index in [1.165, 1.54) is 5.56 Å². The number of hydrogen-bond donors (Lipinski definition) is 0. The fraction of sp³-hybridized carbons (Fsp3) is 0.500. The van der Waals surface area contributed by atoms with E-state index in [0.717, 1.165) is 45.4 Å². The Balaban J connectivity index is 2.10. The van der Waals surface area contributed by atoms with Crippen molar-refractivity contribution in [1.82, 2.24) is 19.6 Å². The molecule has 30 heavy (non-hydrogen) atoms. The van der Waals surface area contributed by atoms with Crippen molar-refractivity contribution in [3.63, 3.8) is 0 Å². The van der Waals surface area contributed by atoms with E-state index in [2.05, 4.69) is 92.6 Å². The molecule has 0 aliphatic rings. The van der Waals surface area contributed by atoms with Gasteiger partial charge in [0.25, 0.3) is 0 Å². The van der Waals surface area contributed by atoms with Gasteiger partial charge in [0.05, 0.1) is 16.6 Å². The Bertz CT molecular complexity index is 1260. The van der Waals surface area contributed by atoms with Gasteiger partial charge >= 0.3 is 0 Å². The minimum atomic E-state index is -0.00327. The molecule has 4 nitrogen and oxygen atoms in total. The molecule has 0 saturated heterocycles. The Hall–Kier alpha value is -2.49. The van der Waals surface area contributed by atoms with Crippen molar-refractivity contribution >= 4 is 27.6 Å². The Labute approximate surface area is 179 Å². The van der Waals surface area contributed by atoms with E-state index in [0.29, 0.717) is 0 Å². The predicted octanol–water partition coefficient (Wildman–Crippen LogP) is 6.61. The van der Waals surface area contributed by atoms with Crippen LogP contribution in [-0.2, 0) is 17.3 Å². The lowest BCUT2D eigenvalue weighted by Crippen LogP contribution is -2.15. The van der Waals surface area contributed by atoms with Crippen LogP contribution in [-0.4, -0.2) is 19.6 Å². The zero-order valence-electron chi connectivity index (χ0n) is 19.9. The van der Waals surface area contributed by atoms with Crippen molar-refractivity contribution in [2.75, 3.05) is 0 Å². The number of pyridine rings is 3. The van der Waals surface area contributed by atoms with Gasteiger partial charge in [0.2, 0.25) is 0 Å². The molecular weight excluding hydrogens is 368 g/mol. The van der Waals surface area contributed by atoms with Crippen LogP contribution in [0.5, 0.6) is 0 Å². The zero-order chi connectivity index (χ0) is 22.1. The number of aromatic nitrogens is 4. The zero-order valence-corrected chi connectivity index (χ0v) is 19.9. The van der Waals surface area contributed by atoms with E-state index < -0.39 is 0 Å². The molecule has 0 radical (unpaired) electrons. The second-order valence-corrected chi connectivity index (χ2v) is 11.8. The molecule has 0 spiro atoms. The second-order valence-electron chi connectivity index (χ2n) is 11.8. The van der Waals surface area contributed by atoms with Crippen LogP contribution >= 0.6 is 0 Å². The van der Waals surface area contributed by atoms with Crippen molar-refractivity contribution in [3.05, 3.63) is 47.3 Å². The maximum absolute atomic E-state index is 5.13. The van der Waals surface area contributed by atoms with E-state index in [1.54, 1.807) is 0 Å². The number of hydrogen-bond acceptors (Lipinski definition) is 3. The topological polar surface area (TPSA) is 43.1 Å². The third-order valence-electron chi connectivity index (χ3n) is 5.53. The quantitative estimate of drug-likeness (QED) is 0.359. The van der Waals surface area contributed by atoms with Gasteiger partial charge in [0, 0.05) is 22.2 Å². The standard InChI is InChI=1S/C26H34N4/c1-24(2,3)15-16-14-19-23-17(10-12-20(28-23)25(4,5)6)29-30(19)18-11-13-21(26(7,8)9)27-22(16)18/h10-14H,15H2,1-9H3. The van der Waals surface area contributed by atoms with Gasteiger partial charge in [-0.3, -0.25) is 4.98 Å². The first-order chi connectivity index (χ1) is 13.7. The Morgan fingerprint density at radius 3 is 1.83 bits per heavy atom. The first kappa shape index (κ1) is 20.8. The average Bonchev–Trinajstić information content (AvgIpc) is 2.96. The third-order valence-corrected chi connectivity index (χ3v) is 5.53. The maximum atomic E-state index is 5.13. The summed E-state index contributed by atoms with van der Waals surface area (Å²) in [6.45, 7) is 20.1. The van der Waals surface area contributed by atoms with Crippen LogP contribution in [0.25, 0.3) is 27.6 Å². The SMILES string of the molecule is CC(C)(C)Cc1cc2c3nc(C(C)(C)C)ccc3nn2c2ccc(C(C)(C)C)nc12. The monoisotopic (exact) mass is 402 g/mol. The lowest BCUT2D eigenvalue weighted by atomic mass is 9.87. The van der Waals surface area contributed by atoms with Crippen molar-refractivity contribution in [1.29, 1.82) is 0 Å². The van der Waals surface area contributed by atoms with Crippen LogP contribution in [0.1, 0.15) is 79.3 Å². The molecular formula is C26H34N4. The summed E-state index contributed by atoms with van der Waals surface area (Å²) in [5.41, 5.74) is 8.67. The van der Waals surface area contributed by atoms with Gasteiger partial charge < -0.3 is 0 Å². The van der Waals surface area contributed by atoms with Gasteiger partial charge in [-0.15, -0.1) is 0 Å². The van der Waals surface area contributed by atoms with Gasteiger partial charge in [-0.2, -0.15) is 5.10 Å². The summed E-state index contributed by atoms with van der Waals surface area (Å²) in [5, 5.41) is 4.91. The van der Waals surface area contributed by atoms with Crippen molar-refractivity contribution in [2.45, 2.75) is 79.6 Å². The van der Waals surface area contributed by atoms with Gasteiger partial charge in [-0.05, 0) is 47.7 Å². The molecule has 4 rings (SSSR count). The number of fused-ring (bicyclic) bond motifs is 5. The summed E-state index contributed by atoms with van der Waals surface area (Å²) in [4.78, 5) is 10.2. The van der Waals surface area contributed by atoms with Crippen LogP contribution in [0, 0.1) is 5.41 Å². The molecule has 4 heterocycles. The highest BCUT2D eigenvalue weighted by Gasteiger charge is 2.23. The largest absolute Gasteiger partial charge is 0.250 e. The predicted molar refractivity (Wildman–Crippen MR) is 126 cm³/mol. The highest BCUT2D eigenvalue weighted by molar-refractivity contribution is 5.96. The lowest BCUT2D eigenvalue weighted by molar-refractivity contribution is 0.412. The second kappa shape index (κ2) is 6.50. The normalized spacial score (nSPS) is 13.6. The molecule has 0 fully saturated rings. The Morgan fingerprint density at radius 2 is 1.27 bits per heavy atom. The first-order valence-corrected chi connectivity index (χ1v) is 10.9. The molecule has 4 heteroatoms. The molecule has 4 aromatic rings. The molecule has 0 bridgehead atoms. The van der Waals surface area contributed by atoms with Crippen LogP contribution in [0.15, 0.2) is 30.3 Å². The lowest BCUT2D eigenvalue weighted by Gasteiger charge is -2.22. The fourth-order valence-electron chi connectivity index (χ4n) is 3.93. The first-order valence-electron chi connectivity index (χ1n) is 10.9. The van der Waals surface area contributed by atoms with Gasteiger partial charge in [0.1, 0.15) is 11.0 Å². The summed E-state index contributed by atoms with van der Waals surface area (Å²) < 4.78 is 2.03. The van der Waals surface area contributed by atoms with E-state index in [1.807, 2.05) is 4.52 Å². The van der Waals surface area contributed by atoms with Gasteiger partial charge in [-0.25, -0.2) is 9.50 Å². The van der Waals surface area contributed by atoms with Crippen LogP contribution in [0.4, 0.5) is 0 Å². The minimum absolute atomic E-state index is 0.000144. The fourth-order valence-corrected chi connectivity index (χ4v) is 3.93. The molecule has 0 aliphatic heterocycles. The number of nitrogens with zero attached hydrogens (tertiary/aromatic N) is 4. The average molecular weight is 403 g/mol.